The number of nitrogens with two attached hydrogens (primary N) is 1. The molecule has 7 heteroatoms. The molecular weight excluding hydrogens is 328 g/mol. The number of ether oxygens (including phenoxy) is 2. The quantitative estimate of drug-likeness (QED) is 0.915. The summed E-state index contributed by atoms with van der Waals surface area (Å²) in [4.78, 5) is 10.6. The van der Waals surface area contributed by atoms with Gasteiger partial charge < -0.3 is 20.1 Å². The highest BCUT2D eigenvalue weighted by Crippen LogP contribution is 2.28. The number of benzene rings is 1. The molecule has 2 aromatic rings. The van der Waals surface area contributed by atoms with Crippen LogP contribution >= 0.6 is 11.6 Å². The average Bonchev–Trinajstić information content (AvgIpc) is 2.54. The average molecular weight is 349 g/mol. The van der Waals surface area contributed by atoms with Crippen LogP contribution in [-0.2, 0) is 4.74 Å². The van der Waals surface area contributed by atoms with Gasteiger partial charge >= 0.3 is 0 Å². The van der Waals surface area contributed by atoms with Gasteiger partial charge in [-0.1, -0.05) is 23.7 Å². The Labute approximate surface area is 146 Å². The molecule has 2 N–H and O–H groups in total. The number of nitrogen functional groups attached to an aromatic ring is 1. The minimum atomic E-state index is -0.0401. The van der Waals surface area contributed by atoms with Gasteiger partial charge in [0.2, 0.25) is 11.8 Å². The molecule has 0 aliphatic carbocycles. The molecule has 2 heterocycles. The van der Waals surface area contributed by atoms with E-state index < -0.39 is 0 Å². The van der Waals surface area contributed by atoms with Gasteiger partial charge in [0.1, 0.15) is 11.9 Å². The minimum absolute atomic E-state index is 0.0265. The summed E-state index contributed by atoms with van der Waals surface area (Å²) in [6.45, 7) is 5.92. The van der Waals surface area contributed by atoms with Crippen molar-refractivity contribution in [2.45, 2.75) is 26.1 Å². The predicted molar refractivity (Wildman–Crippen MR) is 94.6 cm³/mol. The van der Waals surface area contributed by atoms with Crippen molar-refractivity contribution in [3.63, 3.8) is 0 Å². The summed E-state index contributed by atoms with van der Waals surface area (Å²) in [6.07, 6.45) is -0.0136. The van der Waals surface area contributed by atoms with E-state index in [9.17, 15) is 0 Å². The molecule has 3 rings (SSSR count). The Kier molecular flexibility index (Phi) is 5.06. The highest BCUT2D eigenvalue weighted by atomic mass is 35.5. The van der Waals surface area contributed by atoms with Gasteiger partial charge in [-0.25, -0.2) is 0 Å². The van der Waals surface area contributed by atoms with Gasteiger partial charge in [-0.2, -0.15) is 9.97 Å². The Morgan fingerprint density at radius 2 is 2.04 bits per heavy atom. The molecule has 1 aromatic heterocycles. The Balaban J connectivity index is 1.79. The Morgan fingerprint density at radius 3 is 2.75 bits per heavy atom. The highest BCUT2D eigenvalue weighted by Gasteiger charge is 2.24. The summed E-state index contributed by atoms with van der Waals surface area (Å²) >= 11 is 5.96. The van der Waals surface area contributed by atoms with Gasteiger partial charge in [0, 0.05) is 24.2 Å². The molecule has 0 saturated carbocycles. The van der Waals surface area contributed by atoms with Gasteiger partial charge in [-0.15, -0.1) is 0 Å². The highest BCUT2D eigenvalue weighted by molar-refractivity contribution is 6.30. The molecule has 0 amide bonds. The smallest absolute Gasteiger partial charge is 0.225 e. The lowest BCUT2D eigenvalue weighted by Crippen LogP contribution is -2.39. The molecule has 1 aliphatic heterocycles. The van der Waals surface area contributed by atoms with Crippen LogP contribution in [0.2, 0.25) is 5.02 Å². The van der Waals surface area contributed by atoms with Crippen LogP contribution in [0.4, 0.5) is 11.8 Å². The van der Waals surface area contributed by atoms with Gasteiger partial charge in [-0.05, 0) is 31.5 Å². The molecule has 1 aromatic carbocycles. The van der Waals surface area contributed by atoms with E-state index in [4.69, 9.17) is 26.8 Å². The molecule has 0 radical (unpaired) electrons. The second-order valence-corrected chi connectivity index (χ2v) is 6.38. The normalized spacial score (nSPS) is 18.0. The van der Waals surface area contributed by atoms with Crippen LogP contribution in [0.15, 0.2) is 30.3 Å². The van der Waals surface area contributed by atoms with Gasteiger partial charge in [0.05, 0.1) is 12.7 Å². The molecule has 1 aliphatic rings. The van der Waals surface area contributed by atoms with E-state index >= 15 is 0 Å². The zero-order valence-electron chi connectivity index (χ0n) is 13.8. The van der Waals surface area contributed by atoms with E-state index in [1.165, 1.54) is 0 Å². The molecule has 0 bridgehead atoms. The Hall–Kier alpha value is -2.05. The summed E-state index contributed by atoms with van der Waals surface area (Å²) in [7, 11) is 0. The lowest BCUT2D eigenvalue weighted by atomic mass is 10.1. The zero-order chi connectivity index (χ0) is 17.1. The molecular formula is C17H21ClN4O2. The monoisotopic (exact) mass is 348 g/mol. The first-order chi connectivity index (χ1) is 11.5. The Bertz CT molecular complexity index is 693. The maximum Gasteiger partial charge on any atom is 0.225 e. The zero-order valence-corrected chi connectivity index (χ0v) is 14.5. The molecule has 1 fully saturated rings. The second kappa shape index (κ2) is 7.23. The maximum atomic E-state index is 5.96. The largest absolute Gasteiger partial charge is 0.475 e. The number of hydrogen-bond acceptors (Lipinski definition) is 6. The van der Waals surface area contributed by atoms with E-state index in [0.717, 1.165) is 17.9 Å². The lowest BCUT2D eigenvalue weighted by molar-refractivity contribution is 0.0395. The van der Waals surface area contributed by atoms with Crippen LogP contribution in [0.5, 0.6) is 5.88 Å². The van der Waals surface area contributed by atoms with Crippen molar-refractivity contribution in [2.75, 3.05) is 30.3 Å². The third-order valence-corrected chi connectivity index (χ3v) is 3.95. The maximum absolute atomic E-state index is 5.96. The molecule has 0 spiro atoms. The van der Waals surface area contributed by atoms with Crippen molar-refractivity contribution in [3.05, 3.63) is 40.9 Å². The van der Waals surface area contributed by atoms with Crippen molar-refractivity contribution in [1.82, 2.24) is 9.97 Å². The number of nitrogens with zero attached hydrogens (tertiary/aromatic N) is 3. The van der Waals surface area contributed by atoms with Gasteiger partial charge in [-0.3, -0.25) is 0 Å². The fraction of sp³-hybridized carbons (Fsp3) is 0.412. The number of anilines is 2. The first-order valence-electron chi connectivity index (χ1n) is 7.94. The SMILES string of the molecule is CC(C)Oc1cc(N2CCO[C@H](c3ccc(Cl)cc3)C2)nc(N)n1. The van der Waals surface area contributed by atoms with Crippen molar-refractivity contribution < 1.29 is 9.47 Å². The van der Waals surface area contributed by atoms with E-state index in [0.29, 0.717) is 24.1 Å². The van der Waals surface area contributed by atoms with Crippen LogP contribution < -0.4 is 15.4 Å². The summed E-state index contributed by atoms with van der Waals surface area (Å²) in [5.41, 5.74) is 6.92. The van der Waals surface area contributed by atoms with Crippen LogP contribution in [0, 0.1) is 0 Å². The number of rotatable bonds is 4. The van der Waals surface area contributed by atoms with Gasteiger partial charge in [0.25, 0.3) is 0 Å². The lowest BCUT2D eigenvalue weighted by Gasteiger charge is -2.34. The van der Waals surface area contributed by atoms with Gasteiger partial charge in [0.15, 0.2) is 0 Å². The third-order valence-electron chi connectivity index (χ3n) is 3.70. The molecule has 1 atom stereocenters. The second-order valence-electron chi connectivity index (χ2n) is 5.95. The first-order valence-corrected chi connectivity index (χ1v) is 8.32. The molecule has 6 nitrogen and oxygen atoms in total. The number of morpholine rings is 1. The van der Waals surface area contributed by atoms with E-state index in [-0.39, 0.29) is 18.2 Å². The molecule has 128 valence electrons. The van der Waals surface area contributed by atoms with Crippen molar-refractivity contribution in [2.24, 2.45) is 0 Å². The summed E-state index contributed by atoms with van der Waals surface area (Å²) in [5, 5.41) is 0.713. The van der Waals surface area contributed by atoms with Crippen LogP contribution in [-0.4, -0.2) is 35.8 Å². The Morgan fingerprint density at radius 1 is 1.29 bits per heavy atom. The number of aromatic nitrogens is 2. The van der Waals surface area contributed by atoms with Crippen LogP contribution in [0.3, 0.4) is 0 Å². The number of halogens is 1. The van der Waals surface area contributed by atoms with Crippen LogP contribution in [0.1, 0.15) is 25.5 Å². The van der Waals surface area contributed by atoms with Crippen molar-refractivity contribution >= 4 is 23.4 Å². The van der Waals surface area contributed by atoms with Crippen LogP contribution in [0.25, 0.3) is 0 Å². The molecule has 0 unspecified atom stereocenters. The molecule has 24 heavy (non-hydrogen) atoms. The van der Waals surface area contributed by atoms with E-state index in [1.54, 1.807) is 0 Å². The fourth-order valence-corrected chi connectivity index (χ4v) is 2.76. The topological polar surface area (TPSA) is 73.5 Å². The minimum Gasteiger partial charge on any atom is -0.475 e. The van der Waals surface area contributed by atoms with Crippen molar-refractivity contribution in [3.8, 4) is 5.88 Å². The standard InChI is InChI=1S/C17H21ClN4O2/c1-11(2)24-16-9-15(20-17(19)21-16)22-7-8-23-14(10-22)12-3-5-13(18)6-4-12/h3-6,9,11,14H,7-8,10H2,1-2H3,(H2,19,20,21)/t14-/m0/s1. The fourth-order valence-electron chi connectivity index (χ4n) is 2.63. The van der Waals surface area contributed by atoms with E-state index in [1.807, 2.05) is 44.2 Å². The summed E-state index contributed by atoms with van der Waals surface area (Å²) < 4.78 is 11.5. The predicted octanol–water partition coefficient (Wildman–Crippen LogP) is 3.08. The summed E-state index contributed by atoms with van der Waals surface area (Å²) in [5.74, 6) is 1.44. The number of hydrogen-bond donors (Lipinski definition) is 1. The first kappa shape index (κ1) is 16.8. The molecule has 1 saturated heterocycles. The van der Waals surface area contributed by atoms with E-state index in [2.05, 4.69) is 14.9 Å². The summed E-state index contributed by atoms with van der Waals surface area (Å²) in [6, 6.07) is 9.53. The van der Waals surface area contributed by atoms with Crippen molar-refractivity contribution in [1.29, 1.82) is 0 Å². The third kappa shape index (κ3) is 4.07.